The molecule has 0 aliphatic heterocycles. The van der Waals surface area contributed by atoms with Gasteiger partial charge >= 0.3 is 0 Å². The van der Waals surface area contributed by atoms with Crippen molar-refractivity contribution in [3.8, 4) is 0 Å². The molecule has 0 aliphatic rings. The summed E-state index contributed by atoms with van der Waals surface area (Å²) in [6.45, 7) is 1.80. The van der Waals surface area contributed by atoms with Gasteiger partial charge in [-0.05, 0) is 12.5 Å². The number of nitrogens with one attached hydrogen (secondary N) is 1. The monoisotopic (exact) mass is 247 g/mol. The Morgan fingerprint density at radius 3 is 2.61 bits per heavy atom. The van der Waals surface area contributed by atoms with Gasteiger partial charge in [-0.15, -0.1) is 0 Å². The second-order valence-corrected chi connectivity index (χ2v) is 4.03. The first-order valence-corrected chi connectivity index (χ1v) is 5.46. The number of rotatable bonds is 4. The molecule has 1 aromatic heterocycles. The van der Waals surface area contributed by atoms with Crippen molar-refractivity contribution in [2.24, 2.45) is 5.73 Å². The van der Waals surface area contributed by atoms with E-state index in [0.717, 1.165) is 5.56 Å². The molecule has 1 atom stereocenters. The summed E-state index contributed by atoms with van der Waals surface area (Å²) < 4.78 is 0. The van der Waals surface area contributed by atoms with E-state index in [2.05, 4.69) is 15.2 Å². The molecule has 1 aromatic carbocycles. The molecular formula is C11H13N5O2. The van der Waals surface area contributed by atoms with Crippen LogP contribution in [0.3, 0.4) is 0 Å². The molecule has 7 heteroatoms. The van der Waals surface area contributed by atoms with Crippen LogP contribution < -0.4 is 5.73 Å². The largest absolute Gasteiger partial charge is 0.321 e. The summed E-state index contributed by atoms with van der Waals surface area (Å²) in [5, 5.41) is 17.3. The van der Waals surface area contributed by atoms with Crippen LogP contribution in [0.5, 0.6) is 0 Å². The minimum absolute atomic E-state index is 0.0765. The molecule has 2 aromatic rings. The first-order valence-electron chi connectivity index (χ1n) is 5.46. The van der Waals surface area contributed by atoms with Gasteiger partial charge in [0.15, 0.2) is 5.82 Å². The summed E-state index contributed by atoms with van der Waals surface area (Å²) in [4.78, 5) is 14.3. The van der Waals surface area contributed by atoms with Crippen molar-refractivity contribution in [1.82, 2.24) is 15.2 Å². The summed E-state index contributed by atoms with van der Waals surface area (Å²) in [6.07, 6.45) is 0.539. The number of aromatic amines is 1. The molecule has 0 bridgehead atoms. The summed E-state index contributed by atoms with van der Waals surface area (Å²) in [5.41, 5.74) is 6.65. The Hall–Kier alpha value is -2.28. The maximum absolute atomic E-state index is 10.5. The fourth-order valence-electron chi connectivity index (χ4n) is 1.52. The highest BCUT2D eigenvalue weighted by molar-refractivity contribution is 5.33. The number of benzene rings is 1. The average Bonchev–Trinajstić information content (AvgIpc) is 2.78. The lowest BCUT2D eigenvalue weighted by molar-refractivity contribution is -0.384. The SMILES string of the molecule is C[C@@H](N)c1n[nH]c(Cc2ccc([N+](=O)[O-])cc2)n1. The second kappa shape index (κ2) is 4.92. The molecule has 0 saturated carbocycles. The van der Waals surface area contributed by atoms with Crippen LogP contribution in [-0.4, -0.2) is 20.1 Å². The van der Waals surface area contributed by atoms with E-state index in [0.29, 0.717) is 18.1 Å². The van der Waals surface area contributed by atoms with Crippen molar-refractivity contribution in [3.05, 3.63) is 51.6 Å². The standard InChI is InChI=1S/C11H13N5O2/c1-7(12)11-13-10(14-15-11)6-8-2-4-9(5-3-8)16(17)18/h2-5,7H,6,12H2,1H3,(H,13,14,15)/t7-/m1/s1. The van der Waals surface area contributed by atoms with E-state index in [1.54, 1.807) is 19.1 Å². The molecule has 0 unspecified atom stereocenters. The molecule has 0 aliphatic carbocycles. The minimum atomic E-state index is -0.424. The topological polar surface area (TPSA) is 111 Å². The van der Waals surface area contributed by atoms with Crippen molar-refractivity contribution in [3.63, 3.8) is 0 Å². The molecule has 0 saturated heterocycles. The fourth-order valence-corrected chi connectivity index (χ4v) is 1.52. The molecule has 0 amide bonds. The predicted octanol–water partition coefficient (Wildman–Crippen LogP) is 1.32. The normalized spacial score (nSPS) is 12.3. The molecule has 7 nitrogen and oxygen atoms in total. The first kappa shape index (κ1) is 12.2. The Kier molecular flexibility index (Phi) is 3.33. The lowest BCUT2D eigenvalue weighted by Crippen LogP contribution is -2.06. The Balaban J connectivity index is 2.10. The van der Waals surface area contributed by atoms with Gasteiger partial charge in [-0.3, -0.25) is 15.2 Å². The zero-order valence-electron chi connectivity index (χ0n) is 9.83. The number of nitro benzene ring substituents is 1. The van der Waals surface area contributed by atoms with Gasteiger partial charge in [0.2, 0.25) is 0 Å². The van der Waals surface area contributed by atoms with E-state index >= 15 is 0 Å². The molecule has 94 valence electrons. The number of nitro groups is 1. The molecule has 0 spiro atoms. The minimum Gasteiger partial charge on any atom is -0.321 e. The summed E-state index contributed by atoms with van der Waals surface area (Å²) in [5.74, 6) is 1.25. The van der Waals surface area contributed by atoms with E-state index in [4.69, 9.17) is 5.73 Å². The molecule has 0 radical (unpaired) electrons. The number of non-ortho nitro benzene ring substituents is 1. The Morgan fingerprint density at radius 1 is 1.44 bits per heavy atom. The number of nitrogens with two attached hydrogens (primary N) is 1. The van der Waals surface area contributed by atoms with Crippen molar-refractivity contribution >= 4 is 5.69 Å². The summed E-state index contributed by atoms with van der Waals surface area (Å²) in [6, 6.07) is 6.13. The van der Waals surface area contributed by atoms with Crippen molar-refractivity contribution in [2.75, 3.05) is 0 Å². The number of aromatic nitrogens is 3. The lowest BCUT2D eigenvalue weighted by atomic mass is 10.1. The van der Waals surface area contributed by atoms with Gasteiger partial charge in [0.25, 0.3) is 5.69 Å². The number of nitrogens with zero attached hydrogens (tertiary/aromatic N) is 3. The van der Waals surface area contributed by atoms with Crippen LogP contribution in [-0.2, 0) is 6.42 Å². The van der Waals surface area contributed by atoms with E-state index in [9.17, 15) is 10.1 Å². The molecule has 1 heterocycles. The van der Waals surface area contributed by atoms with Crippen LogP contribution in [0, 0.1) is 10.1 Å². The van der Waals surface area contributed by atoms with Crippen molar-refractivity contribution < 1.29 is 4.92 Å². The number of hydrogen-bond acceptors (Lipinski definition) is 5. The van der Waals surface area contributed by atoms with E-state index in [-0.39, 0.29) is 11.7 Å². The quantitative estimate of drug-likeness (QED) is 0.625. The number of H-pyrrole nitrogens is 1. The Bertz CT molecular complexity index is 547. The van der Waals surface area contributed by atoms with E-state index in [1.807, 2.05) is 0 Å². The molecular weight excluding hydrogens is 234 g/mol. The highest BCUT2D eigenvalue weighted by Crippen LogP contribution is 2.14. The zero-order chi connectivity index (χ0) is 13.1. The maximum Gasteiger partial charge on any atom is 0.269 e. The zero-order valence-corrected chi connectivity index (χ0v) is 9.83. The van der Waals surface area contributed by atoms with Crippen molar-refractivity contribution in [1.29, 1.82) is 0 Å². The van der Waals surface area contributed by atoms with Crippen LogP contribution in [0.2, 0.25) is 0 Å². The van der Waals surface area contributed by atoms with E-state index < -0.39 is 4.92 Å². The van der Waals surface area contributed by atoms with Gasteiger partial charge < -0.3 is 5.73 Å². The maximum atomic E-state index is 10.5. The van der Waals surface area contributed by atoms with Gasteiger partial charge in [-0.2, -0.15) is 5.10 Å². The van der Waals surface area contributed by atoms with E-state index in [1.165, 1.54) is 12.1 Å². The van der Waals surface area contributed by atoms with Crippen LogP contribution in [0.1, 0.15) is 30.2 Å². The highest BCUT2D eigenvalue weighted by atomic mass is 16.6. The molecule has 2 rings (SSSR count). The summed E-state index contributed by atoms with van der Waals surface area (Å²) in [7, 11) is 0. The van der Waals surface area contributed by atoms with Gasteiger partial charge in [-0.1, -0.05) is 12.1 Å². The third-order valence-electron chi connectivity index (χ3n) is 2.48. The van der Waals surface area contributed by atoms with Crippen LogP contribution in [0.15, 0.2) is 24.3 Å². The fraction of sp³-hybridized carbons (Fsp3) is 0.273. The van der Waals surface area contributed by atoms with Crippen LogP contribution in [0.4, 0.5) is 5.69 Å². The second-order valence-electron chi connectivity index (χ2n) is 4.03. The van der Waals surface area contributed by atoms with Gasteiger partial charge in [0.05, 0.1) is 11.0 Å². The van der Waals surface area contributed by atoms with Gasteiger partial charge in [0, 0.05) is 18.6 Å². The number of hydrogen-bond donors (Lipinski definition) is 2. The average molecular weight is 247 g/mol. The molecule has 0 fully saturated rings. The van der Waals surface area contributed by atoms with Crippen LogP contribution >= 0.6 is 0 Å². The molecule has 18 heavy (non-hydrogen) atoms. The smallest absolute Gasteiger partial charge is 0.269 e. The Morgan fingerprint density at radius 2 is 2.11 bits per heavy atom. The summed E-state index contributed by atoms with van der Waals surface area (Å²) >= 11 is 0. The molecule has 3 N–H and O–H groups in total. The Labute approximate surface area is 103 Å². The highest BCUT2D eigenvalue weighted by Gasteiger charge is 2.09. The third kappa shape index (κ3) is 2.69. The van der Waals surface area contributed by atoms with Gasteiger partial charge in [-0.25, -0.2) is 4.98 Å². The first-order chi connectivity index (χ1) is 8.56. The predicted molar refractivity (Wildman–Crippen MR) is 64.9 cm³/mol. The van der Waals surface area contributed by atoms with Crippen LogP contribution in [0.25, 0.3) is 0 Å². The lowest BCUT2D eigenvalue weighted by Gasteiger charge is -1.98. The van der Waals surface area contributed by atoms with Crippen molar-refractivity contribution in [2.45, 2.75) is 19.4 Å². The van der Waals surface area contributed by atoms with Gasteiger partial charge in [0.1, 0.15) is 5.82 Å². The third-order valence-corrected chi connectivity index (χ3v) is 2.48.